The predicted molar refractivity (Wildman–Crippen MR) is 149 cm³/mol. The molecule has 180 valence electrons. The minimum Gasteiger partial charge on any atom is -0.486 e. The van der Waals surface area contributed by atoms with Gasteiger partial charge < -0.3 is 32.2 Å². The monoisotopic (exact) mass is 475 g/mol. The molecule has 0 spiro atoms. The molecule has 1 unspecified atom stereocenters. The van der Waals surface area contributed by atoms with Crippen LogP contribution in [0.1, 0.15) is 6.42 Å². The van der Waals surface area contributed by atoms with Crippen LogP contribution in [0.5, 0.6) is 5.75 Å². The number of allylic oxidation sites excluding steroid dienone is 1. The van der Waals surface area contributed by atoms with Crippen molar-refractivity contribution in [3.8, 4) is 5.75 Å². The van der Waals surface area contributed by atoms with E-state index in [1.165, 1.54) is 0 Å². The summed E-state index contributed by atoms with van der Waals surface area (Å²) < 4.78 is 5.99. The van der Waals surface area contributed by atoms with Crippen LogP contribution in [-0.4, -0.2) is 6.10 Å². The van der Waals surface area contributed by atoms with E-state index in [9.17, 15) is 0 Å². The number of nitrogens with two attached hydrogens (primary N) is 2. The molecule has 0 aromatic heterocycles. The smallest absolute Gasteiger partial charge is 0.125 e. The number of hydrogen-bond donors (Lipinski definition) is 5. The zero-order valence-electron chi connectivity index (χ0n) is 19.8. The maximum atomic E-state index is 5.99. The lowest BCUT2D eigenvalue weighted by Gasteiger charge is -2.20. The molecule has 1 atom stereocenters. The van der Waals surface area contributed by atoms with E-state index in [2.05, 4.69) is 40.2 Å². The van der Waals surface area contributed by atoms with Crippen LogP contribution in [0.4, 0.5) is 34.1 Å². The van der Waals surface area contributed by atoms with Gasteiger partial charge in [0, 0.05) is 51.9 Å². The number of benzene rings is 4. The van der Waals surface area contributed by atoms with Crippen molar-refractivity contribution in [2.24, 2.45) is 11.5 Å². The summed E-state index contributed by atoms with van der Waals surface area (Å²) >= 11 is 0. The molecule has 36 heavy (non-hydrogen) atoms. The largest absolute Gasteiger partial charge is 0.486 e. The van der Waals surface area contributed by atoms with Gasteiger partial charge in [-0.15, -0.1) is 0 Å². The molecular formula is C30H29N5O. The van der Waals surface area contributed by atoms with E-state index in [4.69, 9.17) is 16.2 Å². The second-order valence-electron chi connectivity index (χ2n) is 8.67. The van der Waals surface area contributed by atoms with Gasteiger partial charge >= 0.3 is 0 Å². The molecule has 0 aliphatic heterocycles. The Hall–Kier alpha value is -4.84. The van der Waals surface area contributed by atoms with Crippen LogP contribution in [0.3, 0.4) is 0 Å². The maximum Gasteiger partial charge on any atom is 0.125 e. The Morgan fingerprint density at radius 1 is 0.556 bits per heavy atom. The molecule has 6 heteroatoms. The zero-order valence-corrected chi connectivity index (χ0v) is 19.8. The van der Waals surface area contributed by atoms with Crippen LogP contribution in [-0.2, 0) is 0 Å². The topological polar surface area (TPSA) is 97.4 Å². The summed E-state index contributed by atoms with van der Waals surface area (Å²) in [6, 6.07) is 34.4. The van der Waals surface area contributed by atoms with Crippen LogP contribution >= 0.6 is 0 Å². The summed E-state index contributed by atoms with van der Waals surface area (Å²) in [4.78, 5) is 0. The summed E-state index contributed by atoms with van der Waals surface area (Å²) in [5.41, 5.74) is 19.3. The van der Waals surface area contributed by atoms with Crippen molar-refractivity contribution in [2.45, 2.75) is 12.5 Å². The zero-order chi connectivity index (χ0) is 24.7. The average Bonchev–Trinajstić information content (AvgIpc) is 2.88. The van der Waals surface area contributed by atoms with E-state index in [1.54, 1.807) is 6.08 Å². The van der Waals surface area contributed by atoms with E-state index in [0.717, 1.165) is 45.6 Å². The molecular weight excluding hydrogens is 446 g/mol. The molecule has 1 aliphatic carbocycles. The Morgan fingerprint density at radius 3 is 1.42 bits per heavy atom. The molecule has 4 aromatic carbocycles. The number of hydrogen-bond acceptors (Lipinski definition) is 6. The van der Waals surface area contributed by atoms with E-state index in [-0.39, 0.29) is 6.10 Å². The fourth-order valence-corrected chi connectivity index (χ4v) is 3.99. The van der Waals surface area contributed by atoms with Gasteiger partial charge in [0.25, 0.3) is 0 Å². The summed E-state index contributed by atoms with van der Waals surface area (Å²) in [5.74, 6) is 0.772. The number of ether oxygens (including phenoxy) is 1. The molecule has 0 saturated heterocycles. The Labute approximate surface area is 211 Å². The van der Waals surface area contributed by atoms with Crippen molar-refractivity contribution in [2.75, 3.05) is 16.0 Å². The highest BCUT2D eigenvalue weighted by Gasteiger charge is 2.14. The summed E-state index contributed by atoms with van der Waals surface area (Å²) in [6.07, 6.45) is 4.14. The van der Waals surface area contributed by atoms with Crippen molar-refractivity contribution < 1.29 is 4.74 Å². The number of nitrogens with one attached hydrogen (secondary N) is 3. The molecule has 5 rings (SSSR count). The third-order valence-corrected chi connectivity index (χ3v) is 5.72. The number of para-hydroxylation sites is 1. The van der Waals surface area contributed by atoms with E-state index < -0.39 is 0 Å². The molecule has 1 aliphatic rings. The Balaban J connectivity index is 1.14. The second-order valence-corrected chi connectivity index (χ2v) is 8.67. The predicted octanol–water partition coefficient (Wildman–Crippen LogP) is 6.75. The SMILES string of the molecule is NC1=CC(Oc2ccc(Nc3ccc(Nc4ccc(Nc5ccccc5)cc4)cc3)cc2)CC(N)=C1. The molecule has 4 aromatic rings. The molecule has 0 bridgehead atoms. The molecule has 0 saturated carbocycles. The van der Waals surface area contributed by atoms with Crippen LogP contribution < -0.4 is 32.2 Å². The third kappa shape index (κ3) is 6.18. The van der Waals surface area contributed by atoms with Gasteiger partial charge in [0.05, 0.1) is 0 Å². The quantitative estimate of drug-likeness (QED) is 0.193. The first-order chi connectivity index (χ1) is 17.6. The molecule has 0 radical (unpaired) electrons. The van der Waals surface area contributed by atoms with Crippen molar-refractivity contribution in [3.05, 3.63) is 127 Å². The minimum atomic E-state index is -0.148. The minimum absolute atomic E-state index is 0.148. The second kappa shape index (κ2) is 10.6. The van der Waals surface area contributed by atoms with Crippen molar-refractivity contribution in [3.63, 3.8) is 0 Å². The molecule has 0 fully saturated rings. The van der Waals surface area contributed by atoms with E-state index in [0.29, 0.717) is 12.1 Å². The highest BCUT2D eigenvalue weighted by atomic mass is 16.5. The van der Waals surface area contributed by atoms with Crippen LogP contribution in [0.25, 0.3) is 0 Å². The average molecular weight is 476 g/mol. The van der Waals surface area contributed by atoms with Gasteiger partial charge in [-0.3, -0.25) is 0 Å². The van der Waals surface area contributed by atoms with Crippen LogP contribution in [0.2, 0.25) is 0 Å². The number of rotatable bonds is 8. The molecule has 0 amide bonds. The fourth-order valence-electron chi connectivity index (χ4n) is 3.99. The van der Waals surface area contributed by atoms with Gasteiger partial charge in [-0.25, -0.2) is 0 Å². The van der Waals surface area contributed by atoms with Crippen molar-refractivity contribution in [1.82, 2.24) is 0 Å². The summed E-state index contributed by atoms with van der Waals surface area (Å²) in [6.45, 7) is 0. The highest BCUT2D eigenvalue weighted by Crippen LogP contribution is 2.26. The van der Waals surface area contributed by atoms with Gasteiger partial charge in [0.15, 0.2) is 0 Å². The molecule has 0 heterocycles. The maximum absolute atomic E-state index is 5.99. The first-order valence-corrected chi connectivity index (χ1v) is 11.9. The first-order valence-electron chi connectivity index (χ1n) is 11.9. The molecule has 7 N–H and O–H groups in total. The fraction of sp³-hybridized carbons (Fsp3) is 0.0667. The standard InChI is InChI=1S/C30H29N5O/c31-21-18-22(32)20-30(19-21)36-29-16-14-28(15-17-29)35-27-12-10-26(11-13-27)34-25-8-6-24(7-9-25)33-23-4-2-1-3-5-23/h1-19,30,33-35H,20,31-32H2. The van der Waals surface area contributed by atoms with Gasteiger partial charge in [-0.05, 0) is 97.1 Å². The normalized spacial score (nSPS) is 14.8. The Morgan fingerprint density at radius 2 is 0.972 bits per heavy atom. The van der Waals surface area contributed by atoms with E-state index >= 15 is 0 Å². The van der Waals surface area contributed by atoms with Gasteiger partial charge in [0.2, 0.25) is 0 Å². The first kappa shape index (κ1) is 22.9. The summed E-state index contributed by atoms with van der Waals surface area (Å²) in [5, 5.41) is 10.3. The third-order valence-electron chi connectivity index (χ3n) is 5.72. The number of anilines is 6. The van der Waals surface area contributed by atoms with Gasteiger partial charge in [0.1, 0.15) is 11.9 Å². The lowest BCUT2D eigenvalue weighted by Crippen LogP contribution is -2.22. The van der Waals surface area contributed by atoms with Crippen LogP contribution in [0, 0.1) is 0 Å². The van der Waals surface area contributed by atoms with Crippen molar-refractivity contribution >= 4 is 34.1 Å². The Bertz CT molecular complexity index is 1350. The van der Waals surface area contributed by atoms with Crippen molar-refractivity contribution in [1.29, 1.82) is 0 Å². The lowest BCUT2D eigenvalue weighted by molar-refractivity contribution is 0.246. The van der Waals surface area contributed by atoms with Gasteiger partial charge in [-0.1, -0.05) is 18.2 Å². The van der Waals surface area contributed by atoms with Crippen LogP contribution in [0.15, 0.2) is 127 Å². The summed E-state index contributed by atoms with van der Waals surface area (Å²) in [7, 11) is 0. The highest BCUT2D eigenvalue weighted by molar-refractivity contribution is 5.68. The van der Waals surface area contributed by atoms with Gasteiger partial charge in [-0.2, -0.15) is 0 Å². The lowest BCUT2D eigenvalue weighted by atomic mass is 10.1. The van der Waals surface area contributed by atoms with E-state index in [1.807, 2.05) is 84.9 Å². The molecule has 6 nitrogen and oxygen atoms in total. The Kier molecular flexibility index (Phi) is 6.76.